The maximum atomic E-state index is 12.4. The molecule has 2 aromatic rings. The molecule has 0 aliphatic heterocycles. The van der Waals surface area contributed by atoms with E-state index < -0.39 is 10.8 Å². The molecule has 20 heavy (non-hydrogen) atoms. The Morgan fingerprint density at radius 3 is 2.70 bits per heavy atom. The molecule has 1 unspecified atom stereocenters. The van der Waals surface area contributed by atoms with Gasteiger partial charge in [0.25, 0.3) is 0 Å². The zero-order chi connectivity index (χ0) is 14.7. The molecule has 1 atom stereocenters. The van der Waals surface area contributed by atoms with Crippen LogP contribution in [0.25, 0.3) is 0 Å². The molecule has 0 saturated carbocycles. The molecule has 2 rings (SSSR count). The highest BCUT2D eigenvalue weighted by atomic mass is 79.9. The number of nitrogens with two attached hydrogens (primary N) is 1. The van der Waals surface area contributed by atoms with Gasteiger partial charge in [-0.3, -0.25) is 4.21 Å². The minimum Gasteiger partial charge on any atom is -0.496 e. The van der Waals surface area contributed by atoms with Crippen LogP contribution in [0, 0.1) is 0 Å². The Morgan fingerprint density at radius 1 is 1.30 bits per heavy atom. The number of rotatable bonds is 4. The molecule has 106 valence electrons. The molecular formula is C14H13BrClNO2S. The van der Waals surface area contributed by atoms with Gasteiger partial charge in [-0.1, -0.05) is 27.5 Å². The second-order valence-corrected chi connectivity index (χ2v) is 6.90. The lowest BCUT2D eigenvalue weighted by Gasteiger charge is -2.09. The number of hydrogen-bond acceptors (Lipinski definition) is 3. The number of methoxy groups -OCH3 is 1. The number of halogens is 2. The molecule has 0 fully saturated rings. The molecule has 0 bridgehead atoms. The van der Waals surface area contributed by atoms with Crippen molar-refractivity contribution in [2.75, 3.05) is 12.8 Å². The molecule has 3 nitrogen and oxygen atoms in total. The van der Waals surface area contributed by atoms with Gasteiger partial charge < -0.3 is 10.5 Å². The van der Waals surface area contributed by atoms with E-state index in [0.717, 1.165) is 10.0 Å². The molecular weight excluding hydrogens is 362 g/mol. The lowest BCUT2D eigenvalue weighted by atomic mass is 10.2. The second kappa shape index (κ2) is 6.61. The average molecular weight is 375 g/mol. The highest BCUT2D eigenvalue weighted by Crippen LogP contribution is 2.27. The van der Waals surface area contributed by atoms with Crippen molar-refractivity contribution in [3.63, 3.8) is 0 Å². The molecule has 0 aliphatic rings. The van der Waals surface area contributed by atoms with Crippen molar-refractivity contribution < 1.29 is 8.95 Å². The Morgan fingerprint density at radius 2 is 2.05 bits per heavy atom. The monoisotopic (exact) mass is 373 g/mol. The third kappa shape index (κ3) is 3.53. The van der Waals surface area contributed by atoms with Crippen LogP contribution in [-0.2, 0) is 16.6 Å². The first-order valence-electron chi connectivity index (χ1n) is 5.77. The van der Waals surface area contributed by atoms with Gasteiger partial charge in [-0.25, -0.2) is 0 Å². The SMILES string of the molecule is COc1ccc(Br)cc1CS(=O)c1ccc(N)c(Cl)c1. The summed E-state index contributed by atoms with van der Waals surface area (Å²) in [6, 6.07) is 10.6. The van der Waals surface area contributed by atoms with E-state index in [0.29, 0.717) is 27.1 Å². The van der Waals surface area contributed by atoms with Crippen LogP contribution in [-0.4, -0.2) is 11.3 Å². The lowest BCUT2D eigenvalue weighted by Crippen LogP contribution is -2.00. The van der Waals surface area contributed by atoms with Crippen molar-refractivity contribution in [3.05, 3.63) is 51.5 Å². The molecule has 6 heteroatoms. The first-order valence-corrected chi connectivity index (χ1v) is 8.26. The highest BCUT2D eigenvalue weighted by Gasteiger charge is 2.11. The summed E-state index contributed by atoms with van der Waals surface area (Å²) in [5.41, 5.74) is 7.00. The summed E-state index contributed by atoms with van der Waals surface area (Å²) in [5.74, 6) is 1.06. The molecule has 0 amide bonds. The van der Waals surface area contributed by atoms with E-state index in [2.05, 4.69) is 15.9 Å². The van der Waals surface area contributed by atoms with E-state index in [1.165, 1.54) is 0 Å². The van der Waals surface area contributed by atoms with Crippen molar-refractivity contribution in [2.24, 2.45) is 0 Å². The molecule has 2 aromatic carbocycles. The summed E-state index contributed by atoms with van der Waals surface area (Å²) in [4.78, 5) is 0.645. The standard InChI is InChI=1S/C14H13BrClNO2S/c1-19-14-5-2-10(15)6-9(14)8-20(18)11-3-4-13(17)12(16)7-11/h2-7H,8,17H2,1H3. The number of hydrogen-bond donors (Lipinski definition) is 1. The third-order valence-corrected chi connectivity index (χ3v) is 4.94. The smallest absolute Gasteiger partial charge is 0.123 e. The van der Waals surface area contributed by atoms with Crippen molar-refractivity contribution in [1.29, 1.82) is 0 Å². The predicted molar refractivity (Wildman–Crippen MR) is 86.7 cm³/mol. The minimum atomic E-state index is -1.21. The maximum Gasteiger partial charge on any atom is 0.123 e. The van der Waals surface area contributed by atoms with Crippen LogP contribution in [0.3, 0.4) is 0 Å². The van der Waals surface area contributed by atoms with Gasteiger partial charge in [-0.15, -0.1) is 0 Å². The summed E-state index contributed by atoms with van der Waals surface area (Å²) >= 11 is 9.35. The molecule has 0 spiro atoms. The van der Waals surface area contributed by atoms with E-state index in [-0.39, 0.29) is 0 Å². The largest absolute Gasteiger partial charge is 0.496 e. The van der Waals surface area contributed by atoms with Crippen LogP contribution < -0.4 is 10.5 Å². The highest BCUT2D eigenvalue weighted by molar-refractivity contribution is 9.10. The first kappa shape index (κ1) is 15.4. The van der Waals surface area contributed by atoms with Crippen molar-refractivity contribution in [3.8, 4) is 5.75 Å². The average Bonchev–Trinajstić information content (AvgIpc) is 2.42. The Kier molecular flexibility index (Phi) is 5.07. The minimum absolute atomic E-state index is 0.350. The van der Waals surface area contributed by atoms with Gasteiger partial charge in [0.05, 0.1) is 34.4 Å². The molecule has 0 aliphatic carbocycles. The van der Waals surface area contributed by atoms with Crippen LogP contribution in [0.4, 0.5) is 5.69 Å². The van der Waals surface area contributed by atoms with Crippen LogP contribution in [0.2, 0.25) is 5.02 Å². The van der Waals surface area contributed by atoms with Crippen molar-refractivity contribution >= 4 is 44.0 Å². The van der Waals surface area contributed by atoms with Crippen molar-refractivity contribution in [1.82, 2.24) is 0 Å². The Hall–Kier alpha value is -1.04. The summed E-state index contributed by atoms with van der Waals surface area (Å²) < 4.78 is 18.6. The van der Waals surface area contributed by atoms with Gasteiger partial charge in [-0.05, 0) is 36.4 Å². The Labute approximate surface area is 133 Å². The van der Waals surface area contributed by atoms with Gasteiger partial charge in [0.1, 0.15) is 5.75 Å². The Balaban J connectivity index is 2.27. The Bertz CT molecular complexity index is 664. The van der Waals surface area contributed by atoms with E-state index in [9.17, 15) is 4.21 Å². The second-order valence-electron chi connectivity index (χ2n) is 4.13. The summed E-state index contributed by atoms with van der Waals surface area (Å²) in [5, 5.41) is 0.414. The number of benzene rings is 2. The normalized spacial score (nSPS) is 12.2. The fraction of sp³-hybridized carbons (Fsp3) is 0.143. The van der Waals surface area contributed by atoms with Crippen LogP contribution >= 0.6 is 27.5 Å². The summed E-state index contributed by atoms with van der Waals surface area (Å²) in [6.45, 7) is 0. The van der Waals surface area contributed by atoms with Crippen molar-refractivity contribution in [2.45, 2.75) is 10.6 Å². The molecule has 2 N–H and O–H groups in total. The quantitative estimate of drug-likeness (QED) is 0.823. The number of anilines is 1. The molecule has 0 saturated heterocycles. The van der Waals surface area contributed by atoms with Gasteiger partial charge in [-0.2, -0.15) is 0 Å². The first-order chi connectivity index (χ1) is 9.51. The number of nitrogen functional groups attached to an aromatic ring is 1. The van der Waals surface area contributed by atoms with Gasteiger partial charge >= 0.3 is 0 Å². The summed E-state index contributed by atoms with van der Waals surface area (Å²) in [7, 11) is 0.379. The zero-order valence-corrected chi connectivity index (χ0v) is 13.9. The van der Waals surface area contributed by atoms with E-state index in [4.69, 9.17) is 22.1 Å². The summed E-state index contributed by atoms with van der Waals surface area (Å²) in [6.07, 6.45) is 0. The van der Waals surface area contributed by atoms with E-state index >= 15 is 0 Å². The van der Waals surface area contributed by atoms with E-state index in [1.807, 2.05) is 18.2 Å². The fourth-order valence-electron chi connectivity index (χ4n) is 1.73. The molecule has 0 radical (unpaired) electrons. The van der Waals surface area contributed by atoms with Crippen LogP contribution in [0.15, 0.2) is 45.8 Å². The van der Waals surface area contributed by atoms with Crippen LogP contribution in [0.1, 0.15) is 5.56 Å². The lowest BCUT2D eigenvalue weighted by molar-refractivity contribution is 0.411. The fourth-order valence-corrected chi connectivity index (χ4v) is 3.53. The number of ether oxygens (including phenoxy) is 1. The third-order valence-electron chi connectivity index (χ3n) is 2.76. The maximum absolute atomic E-state index is 12.4. The predicted octanol–water partition coefficient (Wildman–Crippen LogP) is 4.00. The van der Waals surface area contributed by atoms with Gasteiger partial charge in [0.2, 0.25) is 0 Å². The van der Waals surface area contributed by atoms with Crippen LogP contribution in [0.5, 0.6) is 5.75 Å². The molecule has 0 heterocycles. The topological polar surface area (TPSA) is 52.3 Å². The van der Waals surface area contributed by atoms with E-state index in [1.54, 1.807) is 25.3 Å². The molecule has 0 aromatic heterocycles. The van der Waals surface area contributed by atoms with Gasteiger partial charge in [0.15, 0.2) is 0 Å². The van der Waals surface area contributed by atoms with Gasteiger partial charge in [0, 0.05) is 14.9 Å². The zero-order valence-electron chi connectivity index (χ0n) is 10.7.